The van der Waals surface area contributed by atoms with E-state index in [9.17, 15) is 4.79 Å². The predicted molar refractivity (Wildman–Crippen MR) is 84.0 cm³/mol. The third-order valence-corrected chi connectivity index (χ3v) is 2.88. The molecule has 0 aliphatic rings. The Kier molecular flexibility index (Phi) is 4.26. The van der Waals surface area contributed by atoms with Crippen molar-refractivity contribution in [2.45, 2.75) is 26.3 Å². The lowest BCUT2D eigenvalue weighted by molar-refractivity contribution is 0.103. The summed E-state index contributed by atoms with van der Waals surface area (Å²) in [5, 5.41) is 3.27. The summed E-state index contributed by atoms with van der Waals surface area (Å²) >= 11 is 0. The summed E-state index contributed by atoms with van der Waals surface area (Å²) in [5.41, 5.74) is 0.970. The largest absolute Gasteiger partial charge is 0.497 e. The van der Waals surface area contributed by atoms with Gasteiger partial charge in [-0.25, -0.2) is 4.98 Å². The fourth-order valence-electron chi connectivity index (χ4n) is 1.96. The molecule has 2 rings (SSSR count). The summed E-state index contributed by atoms with van der Waals surface area (Å²) in [6.45, 7) is 6.09. The number of carbonyl (C=O) groups is 1. The molecule has 0 spiro atoms. The van der Waals surface area contributed by atoms with E-state index in [0.717, 1.165) is 0 Å². The summed E-state index contributed by atoms with van der Waals surface area (Å²) in [6.07, 6.45) is 1.68. The van der Waals surface area contributed by atoms with Gasteiger partial charge in [0.2, 0.25) is 0 Å². The number of ketones is 1. The third kappa shape index (κ3) is 3.81. The Bertz CT molecular complexity index is 645. The summed E-state index contributed by atoms with van der Waals surface area (Å²) in [4.78, 5) is 17.0. The van der Waals surface area contributed by atoms with Crippen LogP contribution < -0.4 is 10.1 Å². The van der Waals surface area contributed by atoms with Crippen LogP contribution in [0.15, 0.2) is 42.6 Å². The Balaban J connectivity index is 2.39. The van der Waals surface area contributed by atoms with E-state index in [4.69, 9.17) is 4.74 Å². The number of nitrogens with zero attached hydrogens (tertiary/aromatic N) is 1. The predicted octanol–water partition coefficient (Wildman–Crippen LogP) is 3.53. The first-order valence-corrected chi connectivity index (χ1v) is 6.83. The van der Waals surface area contributed by atoms with Gasteiger partial charge in [-0.05, 0) is 45.0 Å². The van der Waals surface area contributed by atoms with E-state index in [0.29, 0.717) is 22.7 Å². The molecule has 0 amide bonds. The average Bonchev–Trinajstić information content (AvgIpc) is 2.45. The van der Waals surface area contributed by atoms with E-state index in [1.165, 1.54) is 0 Å². The number of aromatic nitrogens is 1. The van der Waals surface area contributed by atoms with Crippen LogP contribution in [0.3, 0.4) is 0 Å². The van der Waals surface area contributed by atoms with Crippen molar-refractivity contribution in [1.29, 1.82) is 0 Å². The lowest BCUT2D eigenvalue weighted by Gasteiger charge is -2.22. The molecule has 4 nitrogen and oxygen atoms in total. The van der Waals surface area contributed by atoms with Crippen LogP contribution in [-0.4, -0.2) is 23.4 Å². The molecule has 1 N–H and O–H groups in total. The zero-order valence-corrected chi connectivity index (χ0v) is 12.8. The Hall–Kier alpha value is -2.36. The zero-order valence-electron chi connectivity index (χ0n) is 12.8. The molecule has 4 heteroatoms. The van der Waals surface area contributed by atoms with E-state index in [1.807, 2.05) is 26.8 Å². The first-order chi connectivity index (χ1) is 9.90. The van der Waals surface area contributed by atoms with E-state index >= 15 is 0 Å². The molecular formula is C17H20N2O2. The van der Waals surface area contributed by atoms with Gasteiger partial charge in [-0.2, -0.15) is 0 Å². The van der Waals surface area contributed by atoms with Crippen molar-refractivity contribution >= 4 is 11.6 Å². The number of carbonyl (C=O) groups excluding carboxylic acids is 1. The molecule has 0 unspecified atom stereocenters. The van der Waals surface area contributed by atoms with E-state index in [2.05, 4.69) is 10.3 Å². The molecule has 0 saturated carbocycles. The molecule has 0 radical (unpaired) electrons. The van der Waals surface area contributed by atoms with Crippen LogP contribution in [0, 0.1) is 0 Å². The summed E-state index contributed by atoms with van der Waals surface area (Å²) in [7, 11) is 1.58. The number of hydrogen-bond acceptors (Lipinski definition) is 4. The smallest absolute Gasteiger partial charge is 0.196 e. The lowest BCUT2D eigenvalue weighted by atomic mass is 10.0. The maximum absolute atomic E-state index is 12.7. The fourth-order valence-corrected chi connectivity index (χ4v) is 1.96. The van der Waals surface area contributed by atoms with Crippen molar-refractivity contribution < 1.29 is 9.53 Å². The Morgan fingerprint density at radius 1 is 1.19 bits per heavy atom. The number of ether oxygens (including phenoxy) is 1. The molecule has 110 valence electrons. The highest BCUT2D eigenvalue weighted by molar-refractivity contribution is 6.12. The molecule has 2 aromatic rings. The normalized spacial score (nSPS) is 11.0. The lowest BCUT2D eigenvalue weighted by Crippen LogP contribution is -2.28. The number of methoxy groups -OCH3 is 1. The van der Waals surface area contributed by atoms with Crippen molar-refractivity contribution in [2.24, 2.45) is 0 Å². The van der Waals surface area contributed by atoms with Crippen LogP contribution in [0.25, 0.3) is 0 Å². The van der Waals surface area contributed by atoms with E-state index in [1.54, 1.807) is 43.6 Å². The topological polar surface area (TPSA) is 51.2 Å². The summed E-state index contributed by atoms with van der Waals surface area (Å²) < 4.78 is 5.17. The van der Waals surface area contributed by atoms with Crippen molar-refractivity contribution in [2.75, 3.05) is 12.4 Å². The molecule has 21 heavy (non-hydrogen) atoms. The minimum atomic E-state index is -0.169. The van der Waals surface area contributed by atoms with E-state index in [-0.39, 0.29) is 11.3 Å². The van der Waals surface area contributed by atoms with Gasteiger partial charge in [-0.3, -0.25) is 4.79 Å². The molecule has 0 bridgehead atoms. The highest BCUT2D eigenvalue weighted by Crippen LogP contribution is 2.22. The SMILES string of the molecule is COc1cccc(C(=O)c2cccnc2NC(C)(C)C)c1. The molecule has 0 aliphatic heterocycles. The standard InChI is InChI=1S/C17H20N2O2/c1-17(2,3)19-16-14(9-6-10-18-16)15(20)12-7-5-8-13(11-12)21-4/h5-11H,1-4H3,(H,18,19). The molecular weight excluding hydrogens is 264 g/mol. The molecule has 1 aromatic carbocycles. The van der Waals surface area contributed by atoms with Crippen LogP contribution in [0.1, 0.15) is 36.7 Å². The van der Waals surface area contributed by atoms with E-state index < -0.39 is 0 Å². The number of pyridine rings is 1. The average molecular weight is 284 g/mol. The van der Waals surface area contributed by atoms with Crippen LogP contribution in [0.5, 0.6) is 5.75 Å². The van der Waals surface area contributed by atoms with Gasteiger partial charge in [0.1, 0.15) is 11.6 Å². The first kappa shape index (κ1) is 15.0. The molecule has 1 heterocycles. The van der Waals surface area contributed by atoms with Gasteiger partial charge < -0.3 is 10.1 Å². The van der Waals surface area contributed by atoms with Crippen LogP contribution in [-0.2, 0) is 0 Å². The Morgan fingerprint density at radius 2 is 1.95 bits per heavy atom. The van der Waals surface area contributed by atoms with Crippen LogP contribution in [0.2, 0.25) is 0 Å². The van der Waals surface area contributed by atoms with Crippen molar-refractivity contribution in [1.82, 2.24) is 4.98 Å². The molecule has 1 aromatic heterocycles. The fraction of sp³-hybridized carbons (Fsp3) is 0.294. The van der Waals surface area contributed by atoms with Crippen molar-refractivity contribution in [3.8, 4) is 5.75 Å². The number of rotatable bonds is 4. The van der Waals surface area contributed by atoms with Gasteiger partial charge in [0, 0.05) is 17.3 Å². The number of nitrogens with one attached hydrogen (secondary N) is 1. The monoisotopic (exact) mass is 284 g/mol. The minimum Gasteiger partial charge on any atom is -0.497 e. The van der Waals surface area contributed by atoms with Crippen LogP contribution in [0.4, 0.5) is 5.82 Å². The van der Waals surface area contributed by atoms with Crippen molar-refractivity contribution in [3.63, 3.8) is 0 Å². The summed E-state index contributed by atoms with van der Waals surface area (Å²) in [5.74, 6) is 1.18. The maximum Gasteiger partial charge on any atom is 0.196 e. The third-order valence-electron chi connectivity index (χ3n) is 2.88. The molecule has 0 saturated heterocycles. The highest BCUT2D eigenvalue weighted by Gasteiger charge is 2.18. The highest BCUT2D eigenvalue weighted by atomic mass is 16.5. The second-order valence-corrected chi connectivity index (χ2v) is 5.84. The minimum absolute atomic E-state index is 0.0752. The molecule has 0 atom stereocenters. The van der Waals surface area contributed by atoms with Gasteiger partial charge in [0.15, 0.2) is 5.78 Å². The molecule has 0 fully saturated rings. The first-order valence-electron chi connectivity index (χ1n) is 6.83. The van der Waals surface area contributed by atoms with Gasteiger partial charge in [0.05, 0.1) is 12.7 Å². The Labute approximate surface area is 125 Å². The van der Waals surface area contributed by atoms with Gasteiger partial charge in [0.25, 0.3) is 0 Å². The number of benzene rings is 1. The Morgan fingerprint density at radius 3 is 2.62 bits per heavy atom. The zero-order chi connectivity index (χ0) is 15.5. The van der Waals surface area contributed by atoms with Gasteiger partial charge in [-0.15, -0.1) is 0 Å². The molecule has 0 aliphatic carbocycles. The second kappa shape index (κ2) is 5.95. The second-order valence-electron chi connectivity index (χ2n) is 5.84. The van der Waals surface area contributed by atoms with Gasteiger partial charge in [-0.1, -0.05) is 12.1 Å². The number of hydrogen-bond donors (Lipinski definition) is 1. The van der Waals surface area contributed by atoms with Gasteiger partial charge >= 0.3 is 0 Å². The summed E-state index contributed by atoms with van der Waals surface area (Å²) in [6, 6.07) is 10.7. The van der Waals surface area contributed by atoms with Crippen LogP contribution >= 0.6 is 0 Å². The quantitative estimate of drug-likeness (QED) is 0.873. The number of anilines is 1. The maximum atomic E-state index is 12.7. The van der Waals surface area contributed by atoms with Crippen molar-refractivity contribution in [3.05, 3.63) is 53.7 Å².